The number of thioether (sulfide) groups is 1. The Balaban J connectivity index is 2.00. The van der Waals surface area contributed by atoms with E-state index < -0.39 is 5.97 Å². The third-order valence-electron chi connectivity index (χ3n) is 3.29. The van der Waals surface area contributed by atoms with Gasteiger partial charge in [0.15, 0.2) is 0 Å². The van der Waals surface area contributed by atoms with Gasteiger partial charge in [0.05, 0.1) is 0 Å². The van der Waals surface area contributed by atoms with E-state index in [1.165, 1.54) is 24.6 Å². The van der Waals surface area contributed by atoms with E-state index in [1.807, 2.05) is 12.3 Å². The molecule has 1 aromatic carbocycles. The second-order valence-electron chi connectivity index (χ2n) is 4.70. The molecule has 1 aromatic rings. The molecule has 1 aliphatic rings. The maximum atomic E-state index is 11.3. The predicted molar refractivity (Wildman–Crippen MR) is 76.3 cm³/mol. The molecule has 0 bridgehead atoms. The molecule has 1 fully saturated rings. The van der Waals surface area contributed by atoms with Crippen LogP contribution in [0.25, 0.3) is 0 Å². The van der Waals surface area contributed by atoms with Crippen LogP contribution in [0.2, 0.25) is 0 Å². The highest BCUT2D eigenvalue weighted by molar-refractivity contribution is 7.98. The minimum absolute atomic E-state index is 0.268. The van der Waals surface area contributed by atoms with Crippen LogP contribution in [0.4, 0.5) is 0 Å². The molecular weight excluding hydrogens is 262 g/mol. The van der Waals surface area contributed by atoms with Gasteiger partial charge >= 0.3 is 5.97 Å². The molecular formula is C14H19NO3S. The van der Waals surface area contributed by atoms with Gasteiger partial charge < -0.3 is 14.7 Å². The van der Waals surface area contributed by atoms with Gasteiger partial charge in [-0.25, -0.2) is 4.79 Å². The monoisotopic (exact) mass is 281 g/mol. The van der Waals surface area contributed by atoms with E-state index in [4.69, 9.17) is 4.74 Å². The van der Waals surface area contributed by atoms with Crippen LogP contribution in [-0.4, -0.2) is 48.5 Å². The van der Waals surface area contributed by atoms with Gasteiger partial charge in [-0.15, -0.1) is 11.8 Å². The standard InChI is InChI=1S/C14H19NO3S/c1-15(10-6-7-10)8-9-18-11-4-3-5-12(19-2)13(11)14(16)17/h3-5,10H,6-9H2,1-2H3,(H,16,17). The predicted octanol–water partition coefficient (Wildman–Crippen LogP) is 2.58. The minimum atomic E-state index is -0.935. The lowest BCUT2D eigenvalue weighted by molar-refractivity contribution is 0.0687. The van der Waals surface area contributed by atoms with Crippen LogP contribution in [0.1, 0.15) is 23.2 Å². The van der Waals surface area contributed by atoms with Crippen LogP contribution >= 0.6 is 11.8 Å². The van der Waals surface area contributed by atoms with Crippen LogP contribution in [0, 0.1) is 0 Å². The Morgan fingerprint density at radius 2 is 2.26 bits per heavy atom. The second-order valence-corrected chi connectivity index (χ2v) is 5.55. The first-order valence-electron chi connectivity index (χ1n) is 6.37. The molecule has 0 atom stereocenters. The normalized spacial score (nSPS) is 14.7. The number of likely N-dealkylation sites (N-methyl/N-ethyl adjacent to an activating group) is 1. The topological polar surface area (TPSA) is 49.8 Å². The number of carbonyl (C=O) groups is 1. The number of aromatic carboxylic acids is 1. The highest BCUT2D eigenvalue weighted by Crippen LogP contribution is 2.29. The Morgan fingerprint density at radius 3 is 2.84 bits per heavy atom. The van der Waals surface area contributed by atoms with E-state index in [-0.39, 0.29) is 5.56 Å². The molecule has 2 rings (SSSR count). The minimum Gasteiger partial charge on any atom is -0.491 e. The van der Waals surface area contributed by atoms with E-state index in [2.05, 4.69) is 11.9 Å². The Labute approximate surface area is 117 Å². The van der Waals surface area contributed by atoms with Crippen molar-refractivity contribution in [2.75, 3.05) is 26.5 Å². The highest BCUT2D eigenvalue weighted by atomic mass is 32.2. The zero-order valence-corrected chi connectivity index (χ0v) is 12.1. The Kier molecular flexibility index (Phi) is 4.71. The molecule has 0 aromatic heterocycles. The molecule has 19 heavy (non-hydrogen) atoms. The van der Waals surface area contributed by atoms with Crippen molar-refractivity contribution < 1.29 is 14.6 Å². The first-order chi connectivity index (χ1) is 9.13. The molecule has 0 saturated heterocycles. The maximum Gasteiger partial charge on any atom is 0.340 e. The Bertz CT molecular complexity index is 460. The molecule has 1 N–H and O–H groups in total. The molecule has 1 aliphatic carbocycles. The molecule has 104 valence electrons. The van der Waals surface area contributed by atoms with Gasteiger partial charge in [-0.05, 0) is 38.3 Å². The molecule has 0 unspecified atom stereocenters. The van der Waals surface area contributed by atoms with Crippen molar-refractivity contribution in [3.63, 3.8) is 0 Å². The SMILES string of the molecule is CSc1cccc(OCCN(C)C2CC2)c1C(=O)O. The van der Waals surface area contributed by atoms with Crippen molar-refractivity contribution in [3.8, 4) is 5.75 Å². The number of carboxylic acids is 1. The third kappa shape index (κ3) is 3.64. The largest absolute Gasteiger partial charge is 0.491 e. The lowest BCUT2D eigenvalue weighted by atomic mass is 10.2. The molecule has 4 nitrogen and oxygen atoms in total. The van der Waals surface area contributed by atoms with Gasteiger partial charge in [-0.2, -0.15) is 0 Å². The van der Waals surface area contributed by atoms with Crippen LogP contribution in [-0.2, 0) is 0 Å². The van der Waals surface area contributed by atoms with Crippen LogP contribution < -0.4 is 4.74 Å². The fourth-order valence-electron chi connectivity index (χ4n) is 2.01. The summed E-state index contributed by atoms with van der Waals surface area (Å²) in [6, 6.07) is 6.05. The molecule has 0 radical (unpaired) electrons. The van der Waals surface area contributed by atoms with E-state index in [9.17, 15) is 9.90 Å². The summed E-state index contributed by atoms with van der Waals surface area (Å²) in [5, 5.41) is 9.28. The molecule has 5 heteroatoms. The van der Waals surface area contributed by atoms with Gasteiger partial charge in [0.25, 0.3) is 0 Å². The van der Waals surface area contributed by atoms with Gasteiger partial charge in [0.1, 0.15) is 17.9 Å². The zero-order valence-electron chi connectivity index (χ0n) is 11.3. The number of nitrogens with zero attached hydrogens (tertiary/aromatic N) is 1. The molecule has 0 amide bonds. The number of ether oxygens (including phenoxy) is 1. The maximum absolute atomic E-state index is 11.3. The van der Waals surface area contributed by atoms with Crippen molar-refractivity contribution in [2.45, 2.75) is 23.8 Å². The van der Waals surface area contributed by atoms with Gasteiger partial charge in [-0.1, -0.05) is 6.07 Å². The summed E-state index contributed by atoms with van der Waals surface area (Å²) in [5.74, 6) is -0.473. The van der Waals surface area contributed by atoms with Crippen molar-refractivity contribution in [2.24, 2.45) is 0 Å². The molecule has 0 aliphatic heterocycles. The van der Waals surface area contributed by atoms with Crippen molar-refractivity contribution >= 4 is 17.7 Å². The average molecular weight is 281 g/mol. The first kappa shape index (κ1) is 14.2. The molecule has 1 saturated carbocycles. The summed E-state index contributed by atoms with van der Waals surface area (Å²) in [6.07, 6.45) is 4.39. The number of benzene rings is 1. The summed E-state index contributed by atoms with van der Waals surface area (Å²) >= 11 is 1.42. The fourth-order valence-corrected chi connectivity index (χ4v) is 2.62. The summed E-state index contributed by atoms with van der Waals surface area (Å²) in [4.78, 5) is 14.3. The summed E-state index contributed by atoms with van der Waals surface area (Å²) in [6.45, 7) is 1.35. The zero-order chi connectivity index (χ0) is 13.8. The number of hydrogen-bond donors (Lipinski definition) is 1. The third-order valence-corrected chi connectivity index (χ3v) is 4.07. The fraction of sp³-hybridized carbons (Fsp3) is 0.500. The Morgan fingerprint density at radius 1 is 1.53 bits per heavy atom. The van der Waals surface area contributed by atoms with E-state index >= 15 is 0 Å². The molecule has 0 spiro atoms. The molecule has 0 heterocycles. The van der Waals surface area contributed by atoms with Gasteiger partial charge in [0.2, 0.25) is 0 Å². The Hall–Kier alpha value is -1.20. The van der Waals surface area contributed by atoms with E-state index in [0.717, 1.165) is 11.4 Å². The van der Waals surface area contributed by atoms with Crippen molar-refractivity contribution in [3.05, 3.63) is 23.8 Å². The number of rotatable bonds is 7. The highest BCUT2D eigenvalue weighted by Gasteiger charge is 2.25. The summed E-state index contributed by atoms with van der Waals surface area (Å²) < 4.78 is 5.65. The summed E-state index contributed by atoms with van der Waals surface area (Å²) in [7, 11) is 2.08. The number of hydrogen-bond acceptors (Lipinski definition) is 4. The quantitative estimate of drug-likeness (QED) is 0.778. The van der Waals surface area contributed by atoms with Crippen molar-refractivity contribution in [1.82, 2.24) is 4.90 Å². The van der Waals surface area contributed by atoms with Crippen LogP contribution in [0.3, 0.4) is 0 Å². The van der Waals surface area contributed by atoms with Gasteiger partial charge in [0, 0.05) is 17.5 Å². The lowest BCUT2D eigenvalue weighted by Gasteiger charge is -2.17. The van der Waals surface area contributed by atoms with E-state index in [1.54, 1.807) is 12.1 Å². The van der Waals surface area contributed by atoms with E-state index in [0.29, 0.717) is 18.4 Å². The lowest BCUT2D eigenvalue weighted by Crippen LogP contribution is -2.26. The van der Waals surface area contributed by atoms with Gasteiger partial charge in [-0.3, -0.25) is 0 Å². The first-order valence-corrected chi connectivity index (χ1v) is 7.59. The van der Waals surface area contributed by atoms with Crippen LogP contribution in [0.5, 0.6) is 5.75 Å². The number of carboxylic acid groups (broad SMARTS) is 1. The smallest absolute Gasteiger partial charge is 0.340 e. The van der Waals surface area contributed by atoms with Crippen molar-refractivity contribution in [1.29, 1.82) is 0 Å². The van der Waals surface area contributed by atoms with Crippen LogP contribution in [0.15, 0.2) is 23.1 Å². The summed E-state index contributed by atoms with van der Waals surface area (Å²) in [5.41, 5.74) is 0.268. The second kappa shape index (κ2) is 6.30. The average Bonchev–Trinajstić information content (AvgIpc) is 3.22.